The van der Waals surface area contributed by atoms with Gasteiger partial charge < -0.3 is 9.80 Å². The molecule has 0 radical (unpaired) electrons. The minimum Gasteiger partial charge on any atom is -0.330 e. The summed E-state index contributed by atoms with van der Waals surface area (Å²) in [4.78, 5) is 34.5. The fourth-order valence-electron chi connectivity index (χ4n) is 13.3. The van der Waals surface area contributed by atoms with Crippen LogP contribution in [0.4, 0.5) is 0 Å². The summed E-state index contributed by atoms with van der Waals surface area (Å²) in [7, 11) is 0. The van der Waals surface area contributed by atoms with Crippen molar-refractivity contribution in [2.24, 2.45) is 35.5 Å². The second-order valence-electron chi connectivity index (χ2n) is 16.8. The molecule has 9 aliphatic rings. The van der Waals surface area contributed by atoms with E-state index in [-0.39, 0.29) is 35.0 Å². The van der Waals surface area contributed by atoms with Crippen molar-refractivity contribution in [3.8, 4) is 0 Å². The smallest absolute Gasteiger partial charge is 0.254 e. The summed E-state index contributed by atoms with van der Waals surface area (Å²) in [6, 6.07) is 20.7. The molecular formula is C40H50N2O2. The molecule has 2 atom stereocenters. The maximum absolute atomic E-state index is 14.8. The fraction of sp³-hybridized carbons (Fsp3) is 0.650. The van der Waals surface area contributed by atoms with Gasteiger partial charge in [0.25, 0.3) is 11.8 Å². The van der Waals surface area contributed by atoms with Crippen LogP contribution in [-0.4, -0.2) is 44.8 Å². The van der Waals surface area contributed by atoms with Crippen molar-refractivity contribution in [2.45, 2.75) is 126 Å². The lowest BCUT2D eigenvalue weighted by atomic mass is 9.52. The summed E-state index contributed by atoms with van der Waals surface area (Å²) in [5.41, 5.74) is 1.71. The molecule has 9 aliphatic carbocycles. The molecule has 2 aromatic rings. The van der Waals surface area contributed by atoms with E-state index in [9.17, 15) is 9.59 Å². The predicted molar refractivity (Wildman–Crippen MR) is 173 cm³/mol. The lowest BCUT2D eigenvalue weighted by molar-refractivity contribution is -0.110. The first-order chi connectivity index (χ1) is 21.5. The number of rotatable bonds is 6. The Labute approximate surface area is 264 Å². The van der Waals surface area contributed by atoms with Gasteiger partial charge in [0.15, 0.2) is 0 Å². The fourth-order valence-corrected chi connectivity index (χ4v) is 13.3. The zero-order valence-corrected chi connectivity index (χ0v) is 26.4. The molecule has 0 N–H and O–H groups in total. The lowest BCUT2D eigenvalue weighted by Gasteiger charge is -2.64. The van der Waals surface area contributed by atoms with Gasteiger partial charge in [-0.25, -0.2) is 0 Å². The van der Waals surface area contributed by atoms with Crippen molar-refractivity contribution in [3.05, 3.63) is 71.8 Å². The Kier molecular flexibility index (Phi) is 6.58. The van der Waals surface area contributed by atoms with Crippen LogP contribution in [0.5, 0.6) is 0 Å². The van der Waals surface area contributed by atoms with Gasteiger partial charge in [0.05, 0.1) is 0 Å². The van der Waals surface area contributed by atoms with Crippen LogP contribution in [-0.2, 0) is 0 Å². The maximum atomic E-state index is 14.8. The van der Waals surface area contributed by atoms with E-state index in [0.29, 0.717) is 0 Å². The van der Waals surface area contributed by atoms with Gasteiger partial charge >= 0.3 is 0 Å². The van der Waals surface area contributed by atoms with Gasteiger partial charge in [0.2, 0.25) is 0 Å². The Balaban J connectivity index is 1.09. The quantitative estimate of drug-likeness (QED) is 0.338. The second-order valence-corrected chi connectivity index (χ2v) is 16.8. The Bertz CT molecular complexity index is 1220. The van der Waals surface area contributed by atoms with Crippen LogP contribution in [0.25, 0.3) is 0 Å². The van der Waals surface area contributed by atoms with Gasteiger partial charge in [-0.1, -0.05) is 36.4 Å². The van der Waals surface area contributed by atoms with Crippen molar-refractivity contribution in [1.82, 2.24) is 9.80 Å². The molecule has 0 aromatic heterocycles. The Morgan fingerprint density at radius 3 is 1.11 bits per heavy atom. The number of nitrogens with zero attached hydrogens (tertiary/aromatic N) is 2. The van der Waals surface area contributed by atoms with Crippen molar-refractivity contribution in [2.75, 3.05) is 0 Å². The van der Waals surface area contributed by atoms with Crippen LogP contribution in [0, 0.1) is 35.5 Å². The van der Waals surface area contributed by atoms with E-state index >= 15 is 0 Å². The molecule has 2 aromatic carbocycles. The Hall–Kier alpha value is -2.62. The van der Waals surface area contributed by atoms with E-state index in [0.717, 1.165) is 72.3 Å². The minimum atomic E-state index is 0.00316. The van der Waals surface area contributed by atoms with Crippen LogP contribution < -0.4 is 0 Å². The number of hydrogen-bond acceptors (Lipinski definition) is 2. The van der Waals surface area contributed by atoms with Crippen molar-refractivity contribution in [3.63, 3.8) is 0 Å². The largest absolute Gasteiger partial charge is 0.330 e. The first-order valence-corrected chi connectivity index (χ1v) is 18.2. The molecule has 2 unspecified atom stereocenters. The first kappa shape index (κ1) is 27.7. The number of amides is 2. The molecule has 0 aliphatic heterocycles. The molecule has 8 bridgehead atoms. The van der Waals surface area contributed by atoms with E-state index in [1.54, 1.807) is 0 Å². The third kappa shape index (κ3) is 4.51. The van der Waals surface area contributed by atoms with Crippen molar-refractivity contribution < 1.29 is 9.59 Å². The van der Waals surface area contributed by atoms with E-state index in [2.05, 4.69) is 9.80 Å². The third-order valence-electron chi connectivity index (χ3n) is 13.9. The van der Waals surface area contributed by atoms with Gasteiger partial charge in [-0.05, 0) is 163 Å². The van der Waals surface area contributed by atoms with Crippen LogP contribution in [0.1, 0.15) is 123 Å². The van der Waals surface area contributed by atoms with Crippen LogP contribution >= 0.6 is 0 Å². The molecule has 44 heavy (non-hydrogen) atoms. The van der Waals surface area contributed by atoms with Crippen LogP contribution in [0.2, 0.25) is 0 Å². The lowest BCUT2D eigenvalue weighted by Crippen LogP contribution is -2.67. The number of carbonyl (C=O) groups is 2. The Morgan fingerprint density at radius 1 is 0.477 bits per heavy atom. The zero-order valence-electron chi connectivity index (χ0n) is 26.4. The van der Waals surface area contributed by atoms with Gasteiger partial charge in [-0.15, -0.1) is 0 Å². The maximum Gasteiger partial charge on any atom is 0.254 e. The predicted octanol–water partition coefficient (Wildman–Crippen LogP) is 8.52. The normalized spacial score (nSPS) is 41.5. The molecule has 0 spiro atoms. The van der Waals surface area contributed by atoms with Gasteiger partial charge in [-0.3, -0.25) is 9.59 Å². The molecule has 9 saturated carbocycles. The van der Waals surface area contributed by atoms with E-state index < -0.39 is 0 Å². The number of benzene rings is 2. The monoisotopic (exact) mass is 590 g/mol. The first-order valence-electron chi connectivity index (χ1n) is 18.2. The van der Waals surface area contributed by atoms with Crippen molar-refractivity contribution >= 4 is 11.8 Å². The molecule has 4 nitrogen and oxygen atoms in total. The highest BCUT2D eigenvalue weighted by molar-refractivity contribution is 5.96. The summed E-state index contributed by atoms with van der Waals surface area (Å²) in [6.07, 6.45) is 19.6. The summed E-state index contributed by atoms with van der Waals surface area (Å²) in [5.74, 6) is 5.24. The molecule has 4 heteroatoms. The van der Waals surface area contributed by atoms with E-state index in [1.807, 2.05) is 60.7 Å². The van der Waals surface area contributed by atoms with Gasteiger partial charge in [0.1, 0.15) is 0 Å². The SMILES string of the molecule is O=C(c1ccccc1)N(C1CCCC(N(C(=O)c2ccccc2)C23CC4CC(CC(C4)C2)C3)C1)C12CC3CC(CC(C3)C1)C2. The summed E-state index contributed by atoms with van der Waals surface area (Å²) in [5, 5.41) is 0. The van der Waals surface area contributed by atoms with Crippen molar-refractivity contribution in [1.29, 1.82) is 0 Å². The standard InChI is InChI=1S/C40H50N2O2/c43-37(33-8-3-1-4-9-33)41(39-21-27-14-28(22-39)16-29(15-27)23-39)35-12-7-13-36(20-35)42(38(44)34-10-5-2-6-11-34)40-24-30-17-31(25-40)19-32(18-30)26-40/h1-6,8-11,27-32,35-36H,7,12-26H2. The molecule has 2 amide bonds. The third-order valence-corrected chi connectivity index (χ3v) is 13.9. The molecule has 232 valence electrons. The molecule has 0 heterocycles. The second kappa shape index (κ2) is 10.5. The van der Waals surface area contributed by atoms with E-state index in [4.69, 9.17) is 0 Å². The average molecular weight is 591 g/mol. The van der Waals surface area contributed by atoms with Gasteiger partial charge in [-0.2, -0.15) is 0 Å². The average Bonchev–Trinajstić information content (AvgIpc) is 3.01. The summed E-state index contributed by atoms with van der Waals surface area (Å²) >= 11 is 0. The number of carbonyl (C=O) groups excluding carboxylic acids is 2. The highest BCUT2D eigenvalue weighted by Gasteiger charge is 2.59. The molecule has 0 saturated heterocycles. The summed E-state index contributed by atoms with van der Waals surface area (Å²) in [6.45, 7) is 0. The minimum absolute atomic E-state index is 0.00316. The van der Waals surface area contributed by atoms with Gasteiger partial charge in [0, 0.05) is 34.3 Å². The highest BCUT2D eigenvalue weighted by Crippen LogP contribution is 2.61. The number of hydrogen-bond donors (Lipinski definition) is 0. The Morgan fingerprint density at radius 2 is 0.795 bits per heavy atom. The van der Waals surface area contributed by atoms with Crippen LogP contribution in [0.3, 0.4) is 0 Å². The van der Waals surface area contributed by atoms with Crippen LogP contribution in [0.15, 0.2) is 60.7 Å². The van der Waals surface area contributed by atoms with E-state index in [1.165, 1.54) is 77.0 Å². The molecule has 11 rings (SSSR count). The topological polar surface area (TPSA) is 40.6 Å². The zero-order chi connectivity index (χ0) is 29.5. The molecular weight excluding hydrogens is 540 g/mol. The molecule has 9 fully saturated rings. The summed E-state index contributed by atoms with van der Waals surface area (Å²) < 4.78 is 0. The highest BCUT2D eigenvalue weighted by atomic mass is 16.2.